The van der Waals surface area contributed by atoms with Crippen LogP contribution in [-0.4, -0.2) is 19.1 Å². The van der Waals surface area contributed by atoms with Crippen molar-refractivity contribution in [1.82, 2.24) is 0 Å². The van der Waals surface area contributed by atoms with Gasteiger partial charge in [-0.15, -0.1) is 0 Å². The van der Waals surface area contributed by atoms with E-state index in [9.17, 15) is 4.79 Å². The van der Waals surface area contributed by atoms with Crippen LogP contribution in [0.25, 0.3) is 0 Å². The SMILES string of the molecule is C=C/C=C\C(C)=C(/C)C(C)CC(N)C(=O)OC. The van der Waals surface area contributed by atoms with Crippen molar-refractivity contribution in [2.24, 2.45) is 11.7 Å². The zero-order valence-corrected chi connectivity index (χ0v) is 11.2. The fourth-order valence-electron chi connectivity index (χ4n) is 1.54. The Labute approximate surface area is 104 Å². The zero-order valence-electron chi connectivity index (χ0n) is 11.2. The number of hydrogen-bond acceptors (Lipinski definition) is 3. The fraction of sp³-hybridized carbons (Fsp3) is 0.500. The van der Waals surface area contributed by atoms with Crippen molar-refractivity contribution in [1.29, 1.82) is 0 Å². The lowest BCUT2D eigenvalue weighted by molar-refractivity contribution is -0.142. The summed E-state index contributed by atoms with van der Waals surface area (Å²) in [4.78, 5) is 11.2. The summed E-state index contributed by atoms with van der Waals surface area (Å²) in [6.07, 6.45) is 6.23. The molecule has 0 saturated heterocycles. The topological polar surface area (TPSA) is 52.3 Å². The second-order valence-electron chi connectivity index (χ2n) is 4.23. The summed E-state index contributed by atoms with van der Waals surface area (Å²) >= 11 is 0. The molecule has 0 saturated carbocycles. The Morgan fingerprint density at radius 3 is 2.53 bits per heavy atom. The molecule has 0 bridgehead atoms. The van der Waals surface area contributed by atoms with E-state index in [1.165, 1.54) is 18.3 Å². The monoisotopic (exact) mass is 237 g/mol. The van der Waals surface area contributed by atoms with Gasteiger partial charge >= 0.3 is 5.97 Å². The first-order valence-electron chi connectivity index (χ1n) is 5.73. The molecule has 3 nitrogen and oxygen atoms in total. The number of carbonyl (C=O) groups excluding carboxylic acids is 1. The molecular weight excluding hydrogens is 214 g/mol. The van der Waals surface area contributed by atoms with Crippen molar-refractivity contribution in [2.45, 2.75) is 33.2 Å². The number of carbonyl (C=O) groups is 1. The average molecular weight is 237 g/mol. The number of methoxy groups -OCH3 is 1. The molecule has 0 aromatic rings. The Morgan fingerprint density at radius 2 is 2.06 bits per heavy atom. The molecule has 0 rings (SSSR count). The van der Waals surface area contributed by atoms with E-state index in [-0.39, 0.29) is 11.9 Å². The predicted molar refractivity (Wildman–Crippen MR) is 71.5 cm³/mol. The van der Waals surface area contributed by atoms with Gasteiger partial charge in [0, 0.05) is 0 Å². The molecule has 0 aliphatic carbocycles. The maximum Gasteiger partial charge on any atom is 0.322 e. The Hall–Kier alpha value is -1.35. The maximum atomic E-state index is 11.2. The highest BCUT2D eigenvalue weighted by atomic mass is 16.5. The summed E-state index contributed by atoms with van der Waals surface area (Å²) in [5.41, 5.74) is 8.14. The molecule has 17 heavy (non-hydrogen) atoms. The van der Waals surface area contributed by atoms with Crippen molar-refractivity contribution in [3.8, 4) is 0 Å². The second kappa shape index (κ2) is 7.85. The van der Waals surface area contributed by atoms with E-state index >= 15 is 0 Å². The summed E-state index contributed by atoms with van der Waals surface area (Å²) in [6, 6.07) is -0.555. The van der Waals surface area contributed by atoms with Gasteiger partial charge in [-0.3, -0.25) is 4.79 Å². The van der Waals surface area contributed by atoms with E-state index in [0.29, 0.717) is 6.42 Å². The first-order chi connectivity index (χ1) is 7.93. The molecule has 0 radical (unpaired) electrons. The van der Waals surface area contributed by atoms with Gasteiger partial charge in [0.15, 0.2) is 0 Å². The molecule has 3 heteroatoms. The third kappa shape index (κ3) is 5.50. The number of nitrogens with two attached hydrogens (primary N) is 1. The first kappa shape index (κ1) is 15.7. The van der Waals surface area contributed by atoms with Crippen molar-refractivity contribution in [2.75, 3.05) is 7.11 Å². The van der Waals surface area contributed by atoms with E-state index in [1.54, 1.807) is 6.08 Å². The van der Waals surface area contributed by atoms with Crippen molar-refractivity contribution < 1.29 is 9.53 Å². The lowest BCUT2D eigenvalue weighted by Gasteiger charge is -2.17. The molecular formula is C14H23NO2. The van der Waals surface area contributed by atoms with Crippen LogP contribution in [0.15, 0.2) is 36.0 Å². The third-order valence-corrected chi connectivity index (χ3v) is 2.95. The lowest BCUT2D eigenvalue weighted by atomic mass is 9.91. The van der Waals surface area contributed by atoms with Crippen LogP contribution in [0, 0.1) is 5.92 Å². The van der Waals surface area contributed by atoms with Crippen LogP contribution >= 0.6 is 0 Å². The summed E-state index contributed by atoms with van der Waals surface area (Å²) in [5, 5.41) is 0. The molecule has 0 aliphatic rings. The number of esters is 1. The lowest BCUT2D eigenvalue weighted by Crippen LogP contribution is -2.33. The van der Waals surface area contributed by atoms with E-state index in [0.717, 1.165) is 0 Å². The van der Waals surface area contributed by atoms with E-state index in [2.05, 4.69) is 25.2 Å². The van der Waals surface area contributed by atoms with Crippen molar-refractivity contribution in [3.05, 3.63) is 36.0 Å². The number of allylic oxidation sites excluding steroid dienone is 5. The number of rotatable bonds is 6. The summed E-state index contributed by atoms with van der Waals surface area (Å²) in [5.74, 6) is -0.109. The molecule has 2 atom stereocenters. The van der Waals surface area contributed by atoms with Crippen molar-refractivity contribution in [3.63, 3.8) is 0 Å². The van der Waals surface area contributed by atoms with Gasteiger partial charge in [-0.2, -0.15) is 0 Å². The zero-order chi connectivity index (χ0) is 13.4. The molecule has 0 aromatic heterocycles. The van der Waals surface area contributed by atoms with Gasteiger partial charge < -0.3 is 10.5 Å². The van der Waals surface area contributed by atoms with Gasteiger partial charge in [-0.05, 0) is 26.2 Å². The Bertz CT molecular complexity index is 329. The van der Waals surface area contributed by atoms with Crippen LogP contribution in [0.4, 0.5) is 0 Å². The van der Waals surface area contributed by atoms with Crippen molar-refractivity contribution >= 4 is 5.97 Å². The van der Waals surface area contributed by atoms with Crippen LogP contribution in [0.2, 0.25) is 0 Å². The Balaban J connectivity index is 4.59. The standard InChI is InChI=1S/C14H23NO2/c1-6-7-8-10(2)12(4)11(3)9-13(15)14(16)17-5/h6-8,11,13H,1,9,15H2,2-5H3/b8-7-,12-10+. The van der Waals surface area contributed by atoms with Gasteiger partial charge in [0.2, 0.25) is 0 Å². The van der Waals surface area contributed by atoms with E-state index in [4.69, 9.17) is 5.73 Å². The Morgan fingerprint density at radius 1 is 1.47 bits per heavy atom. The fourth-order valence-corrected chi connectivity index (χ4v) is 1.54. The molecule has 0 aromatic carbocycles. The highest BCUT2D eigenvalue weighted by Crippen LogP contribution is 2.20. The van der Waals surface area contributed by atoms with Gasteiger partial charge in [0.1, 0.15) is 6.04 Å². The minimum atomic E-state index is -0.555. The van der Waals surface area contributed by atoms with Gasteiger partial charge in [0.05, 0.1) is 7.11 Å². The van der Waals surface area contributed by atoms with Gasteiger partial charge in [-0.1, -0.05) is 42.9 Å². The molecule has 0 spiro atoms. The highest BCUT2D eigenvalue weighted by Gasteiger charge is 2.18. The maximum absolute atomic E-state index is 11.2. The molecule has 0 aliphatic heterocycles. The van der Waals surface area contributed by atoms with Crippen LogP contribution in [-0.2, 0) is 9.53 Å². The largest absolute Gasteiger partial charge is 0.468 e. The van der Waals surface area contributed by atoms with Crippen LogP contribution in [0.3, 0.4) is 0 Å². The third-order valence-electron chi connectivity index (χ3n) is 2.95. The van der Waals surface area contributed by atoms with Gasteiger partial charge in [0.25, 0.3) is 0 Å². The normalized spacial score (nSPS) is 16.3. The Kier molecular flexibility index (Phi) is 7.22. The molecule has 96 valence electrons. The van der Waals surface area contributed by atoms with E-state index in [1.807, 2.05) is 19.1 Å². The molecule has 0 heterocycles. The average Bonchev–Trinajstić information content (AvgIpc) is 2.33. The smallest absolute Gasteiger partial charge is 0.322 e. The highest BCUT2D eigenvalue weighted by molar-refractivity contribution is 5.75. The molecule has 2 N–H and O–H groups in total. The minimum absolute atomic E-state index is 0.249. The van der Waals surface area contributed by atoms with E-state index < -0.39 is 6.04 Å². The number of hydrogen-bond donors (Lipinski definition) is 1. The van der Waals surface area contributed by atoms with Crippen LogP contribution in [0.5, 0.6) is 0 Å². The van der Waals surface area contributed by atoms with Crippen LogP contribution in [0.1, 0.15) is 27.2 Å². The summed E-state index contributed by atoms with van der Waals surface area (Å²) in [7, 11) is 1.35. The summed E-state index contributed by atoms with van der Waals surface area (Å²) < 4.78 is 4.61. The number of ether oxygens (including phenoxy) is 1. The second-order valence-corrected chi connectivity index (χ2v) is 4.23. The summed E-state index contributed by atoms with van der Waals surface area (Å²) in [6.45, 7) is 9.78. The predicted octanol–water partition coefficient (Wildman–Crippen LogP) is 2.59. The quantitative estimate of drug-likeness (QED) is 0.570. The molecule has 0 amide bonds. The molecule has 2 unspecified atom stereocenters. The minimum Gasteiger partial charge on any atom is -0.468 e. The first-order valence-corrected chi connectivity index (χ1v) is 5.73. The van der Waals surface area contributed by atoms with Gasteiger partial charge in [-0.25, -0.2) is 0 Å². The van der Waals surface area contributed by atoms with Crippen LogP contribution < -0.4 is 5.73 Å². The molecule has 0 fully saturated rings.